The minimum absolute atomic E-state index is 0.0854. The van der Waals surface area contributed by atoms with Gasteiger partial charge in [0.2, 0.25) is 21.8 Å². The van der Waals surface area contributed by atoms with Crippen molar-refractivity contribution in [1.82, 2.24) is 19.8 Å². The molecule has 0 unspecified atom stereocenters. The summed E-state index contributed by atoms with van der Waals surface area (Å²) in [6.07, 6.45) is 6.38. The summed E-state index contributed by atoms with van der Waals surface area (Å²) in [4.78, 5) is 71.9. The quantitative estimate of drug-likeness (QED) is 0.298. The molecule has 294 valence electrons. The van der Waals surface area contributed by atoms with Crippen LogP contribution in [0.3, 0.4) is 0 Å². The molecular weight excluding hydrogens is 759 g/mol. The topological polar surface area (TPSA) is 168 Å². The summed E-state index contributed by atoms with van der Waals surface area (Å²) in [6, 6.07) is 2.20. The fourth-order valence-electron chi connectivity index (χ4n) is 7.49. The highest BCUT2D eigenvalue weighted by molar-refractivity contribution is 7.91. The van der Waals surface area contributed by atoms with Crippen LogP contribution in [0.5, 0.6) is 0 Å². The van der Waals surface area contributed by atoms with E-state index in [-0.39, 0.29) is 32.4 Å². The number of nitrogens with one attached hydrogen (secondary N) is 2. The Bertz CT molecular complexity index is 1870. The molecular formula is C38H48Cl2N4O9S. The van der Waals surface area contributed by atoms with Gasteiger partial charge in [-0.3, -0.25) is 23.9 Å². The monoisotopic (exact) mass is 806 g/mol. The van der Waals surface area contributed by atoms with Crippen molar-refractivity contribution in [1.29, 1.82) is 0 Å². The molecule has 6 rings (SSSR count). The predicted octanol–water partition coefficient (Wildman–Crippen LogP) is 4.96. The maximum atomic E-state index is 14.5. The molecule has 13 nitrogen and oxygen atoms in total. The van der Waals surface area contributed by atoms with Crippen LogP contribution in [0.2, 0.25) is 10.0 Å². The molecule has 1 aromatic rings. The Kier molecular flexibility index (Phi) is 11.8. The van der Waals surface area contributed by atoms with Crippen molar-refractivity contribution in [3.05, 3.63) is 51.2 Å². The van der Waals surface area contributed by atoms with Crippen LogP contribution >= 0.6 is 23.2 Å². The van der Waals surface area contributed by atoms with Crippen LogP contribution in [0.1, 0.15) is 96.1 Å². The number of sulfonamides is 1. The molecule has 3 aliphatic heterocycles. The fourth-order valence-corrected chi connectivity index (χ4v) is 9.36. The number of benzene rings is 1. The highest BCUT2D eigenvalue weighted by Crippen LogP contribution is 2.46. The summed E-state index contributed by atoms with van der Waals surface area (Å²) in [6.45, 7) is 5.56. The van der Waals surface area contributed by atoms with E-state index in [9.17, 15) is 32.4 Å². The van der Waals surface area contributed by atoms with Gasteiger partial charge in [-0.1, -0.05) is 36.0 Å². The number of rotatable bonds is 6. The van der Waals surface area contributed by atoms with Gasteiger partial charge < -0.3 is 24.6 Å². The fraction of sp³-hybridized carbons (Fsp3) is 0.632. The van der Waals surface area contributed by atoms with Gasteiger partial charge in [0.05, 0.1) is 24.8 Å². The van der Waals surface area contributed by atoms with Crippen LogP contribution in [-0.4, -0.2) is 89.6 Å². The van der Waals surface area contributed by atoms with Crippen LogP contribution in [0.4, 0.5) is 4.79 Å². The first-order valence-electron chi connectivity index (χ1n) is 18.7. The SMILES string of the molecule is CC(C)(C)OC(=O)C[C@H]1CCCCCC=C=C[C@@H]2C[C@@]2(C(=O)NS(=O)(=O)C2CC2)NC(=O)[C@@H]2C[C@@H](OC(=O)N3CCc4c(Cl)ccc(Cl)c4C3)CN2C1=O. The second-order valence-corrected chi connectivity index (χ2v) is 18.8. The van der Waals surface area contributed by atoms with Crippen molar-refractivity contribution < 1.29 is 41.9 Å². The molecule has 2 N–H and O–H groups in total. The van der Waals surface area contributed by atoms with Crippen molar-refractivity contribution in [3.8, 4) is 0 Å². The number of ether oxygens (including phenoxy) is 2. The zero-order valence-corrected chi connectivity index (χ0v) is 33.2. The number of carbonyl (C=O) groups is 5. The number of amides is 4. The van der Waals surface area contributed by atoms with Crippen molar-refractivity contribution in [2.75, 3.05) is 13.1 Å². The maximum absolute atomic E-state index is 14.5. The van der Waals surface area contributed by atoms with Gasteiger partial charge in [-0.2, -0.15) is 0 Å². The van der Waals surface area contributed by atoms with Crippen LogP contribution in [0.25, 0.3) is 0 Å². The Morgan fingerprint density at radius 1 is 1.06 bits per heavy atom. The third-order valence-electron chi connectivity index (χ3n) is 10.6. The molecule has 5 aliphatic rings. The summed E-state index contributed by atoms with van der Waals surface area (Å²) in [5.74, 6) is -3.93. The normalized spacial score (nSPS) is 27.6. The van der Waals surface area contributed by atoms with Gasteiger partial charge in [0, 0.05) is 34.8 Å². The lowest BCUT2D eigenvalue weighted by molar-refractivity contribution is -0.159. The largest absolute Gasteiger partial charge is 0.460 e. The lowest BCUT2D eigenvalue weighted by Gasteiger charge is -2.30. The van der Waals surface area contributed by atoms with Crippen LogP contribution in [0.15, 0.2) is 30.0 Å². The van der Waals surface area contributed by atoms with Crippen molar-refractivity contribution in [2.24, 2.45) is 11.8 Å². The zero-order valence-electron chi connectivity index (χ0n) is 30.8. The number of hydrogen-bond donors (Lipinski definition) is 2. The molecule has 3 fully saturated rings. The van der Waals surface area contributed by atoms with Gasteiger partial charge in [0.15, 0.2) is 0 Å². The van der Waals surface area contributed by atoms with Gasteiger partial charge in [-0.15, -0.1) is 5.73 Å². The molecule has 5 atom stereocenters. The standard InChI is InChI=1S/C38H48Cl2N4O9S/c1-37(2,3)53-32(45)18-23-10-8-6-4-5-7-9-11-24-20-38(24,35(48)42-54(50,51)26-12-13-26)41-33(46)31-19-25(21-44(31)34(23)47)52-36(49)43-17-16-27-28(22-43)30(40)15-14-29(27)39/h7,11,14-15,23-26,31H,4-6,8,10,12-13,16-22H2,1-3H3,(H,41,46)(H,42,48)/t9?,23-,24-,25-,31+,38-/m1/s1. The average molecular weight is 808 g/mol. The maximum Gasteiger partial charge on any atom is 0.410 e. The molecule has 0 spiro atoms. The minimum Gasteiger partial charge on any atom is -0.460 e. The molecule has 54 heavy (non-hydrogen) atoms. The van der Waals surface area contributed by atoms with E-state index in [0.29, 0.717) is 55.1 Å². The number of esters is 1. The van der Waals surface area contributed by atoms with Gasteiger partial charge in [-0.05, 0) is 101 Å². The summed E-state index contributed by atoms with van der Waals surface area (Å²) >= 11 is 12.8. The molecule has 0 bridgehead atoms. The van der Waals surface area contributed by atoms with Crippen molar-refractivity contribution in [2.45, 2.75) is 126 Å². The molecule has 2 aliphatic carbocycles. The van der Waals surface area contributed by atoms with E-state index in [1.165, 1.54) is 9.80 Å². The number of hydrogen-bond acceptors (Lipinski definition) is 9. The first-order chi connectivity index (χ1) is 25.5. The highest BCUT2D eigenvalue weighted by atomic mass is 35.5. The van der Waals surface area contributed by atoms with Gasteiger partial charge in [0.25, 0.3) is 5.91 Å². The average Bonchev–Trinajstić information content (AvgIpc) is 4.02. The molecule has 1 saturated heterocycles. The molecule has 4 amide bonds. The Balaban J connectivity index is 1.26. The molecule has 0 radical (unpaired) electrons. The first kappa shape index (κ1) is 40.1. The number of nitrogens with zero attached hydrogens (tertiary/aromatic N) is 2. The summed E-state index contributed by atoms with van der Waals surface area (Å²) in [7, 11) is -3.93. The smallest absolute Gasteiger partial charge is 0.410 e. The van der Waals surface area contributed by atoms with Gasteiger partial charge >= 0.3 is 12.1 Å². The predicted molar refractivity (Wildman–Crippen MR) is 200 cm³/mol. The lowest BCUT2D eigenvalue weighted by Crippen LogP contribution is -2.57. The first-order valence-corrected chi connectivity index (χ1v) is 21.0. The Labute approximate surface area is 326 Å². The highest BCUT2D eigenvalue weighted by Gasteiger charge is 2.62. The van der Waals surface area contributed by atoms with Gasteiger partial charge in [0.1, 0.15) is 23.3 Å². The Morgan fingerprint density at radius 2 is 1.78 bits per heavy atom. The molecule has 16 heteroatoms. The third-order valence-corrected chi connectivity index (χ3v) is 13.2. The molecule has 1 aromatic carbocycles. The second kappa shape index (κ2) is 15.9. The van der Waals surface area contributed by atoms with Gasteiger partial charge in [-0.25, -0.2) is 13.2 Å². The van der Waals surface area contributed by atoms with E-state index in [1.54, 1.807) is 39.0 Å². The van der Waals surface area contributed by atoms with E-state index in [0.717, 1.165) is 24.0 Å². The number of fused-ring (bicyclic) bond motifs is 3. The van der Waals surface area contributed by atoms with Crippen LogP contribution in [-0.2, 0) is 51.6 Å². The summed E-state index contributed by atoms with van der Waals surface area (Å²) in [5, 5.41) is 3.18. The van der Waals surface area contributed by atoms with E-state index in [2.05, 4.69) is 15.8 Å². The second-order valence-electron chi connectivity index (χ2n) is 16.0. The summed E-state index contributed by atoms with van der Waals surface area (Å²) < 4.78 is 39.3. The zero-order chi connectivity index (χ0) is 39.0. The van der Waals surface area contributed by atoms with E-state index >= 15 is 0 Å². The van der Waals surface area contributed by atoms with E-state index < -0.39 is 80.2 Å². The number of halogens is 2. The molecule has 2 saturated carbocycles. The van der Waals surface area contributed by atoms with Crippen LogP contribution < -0.4 is 10.0 Å². The lowest BCUT2D eigenvalue weighted by atomic mass is 9.95. The Hall–Kier alpha value is -3.58. The third kappa shape index (κ3) is 9.26. The van der Waals surface area contributed by atoms with Crippen LogP contribution in [0, 0.1) is 11.8 Å². The number of carbonyl (C=O) groups excluding carboxylic acids is 5. The molecule has 3 heterocycles. The van der Waals surface area contributed by atoms with E-state index in [4.69, 9.17) is 32.7 Å². The van der Waals surface area contributed by atoms with E-state index in [1.807, 2.05) is 6.08 Å². The van der Waals surface area contributed by atoms with Crippen molar-refractivity contribution in [3.63, 3.8) is 0 Å². The Morgan fingerprint density at radius 3 is 2.48 bits per heavy atom. The summed E-state index contributed by atoms with van der Waals surface area (Å²) in [5.41, 5.74) is 2.32. The van der Waals surface area contributed by atoms with Crippen molar-refractivity contribution >= 4 is 63.0 Å². The molecule has 0 aromatic heterocycles. The minimum atomic E-state index is -3.93.